The molecule has 0 radical (unpaired) electrons. The number of amides is 1. The minimum Gasteiger partial charge on any atom is -0.336 e. The van der Waals surface area contributed by atoms with Gasteiger partial charge in [-0.05, 0) is 42.7 Å². The first kappa shape index (κ1) is 24.3. The fraction of sp³-hybridized carbons (Fsp3) is 0.414. The molecule has 1 amide bonds. The number of para-hydroxylation sites is 2. The third-order valence-corrected chi connectivity index (χ3v) is 7.68. The molecule has 36 heavy (non-hydrogen) atoms. The molecule has 2 heterocycles. The lowest BCUT2D eigenvalue weighted by molar-refractivity contribution is 0.0523. The van der Waals surface area contributed by atoms with Crippen molar-refractivity contribution in [1.29, 1.82) is 0 Å². The molecule has 5 rings (SSSR count). The zero-order valence-electron chi connectivity index (χ0n) is 20.8. The summed E-state index contributed by atoms with van der Waals surface area (Å²) in [6.45, 7) is 7.66. The van der Waals surface area contributed by atoms with Crippen molar-refractivity contribution in [1.82, 2.24) is 18.9 Å². The number of fused-ring (bicyclic) bond motifs is 1. The summed E-state index contributed by atoms with van der Waals surface area (Å²) in [5.74, 6) is 0.0551. The number of carbonyl (C=O) groups is 1. The van der Waals surface area contributed by atoms with Crippen molar-refractivity contribution in [2.45, 2.75) is 51.2 Å². The number of hydrogen-bond acceptors (Lipinski definition) is 4. The maximum atomic E-state index is 13.1. The van der Waals surface area contributed by atoms with Crippen LogP contribution in [0, 0.1) is 0 Å². The highest BCUT2D eigenvalue weighted by molar-refractivity contribution is 5.94. The lowest BCUT2D eigenvalue weighted by atomic mass is 9.94. The van der Waals surface area contributed by atoms with Crippen molar-refractivity contribution >= 4 is 16.9 Å². The zero-order valence-corrected chi connectivity index (χ0v) is 20.8. The van der Waals surface area contributed by atoms with Gasteiger partial charge in [0.25, 0.3) is 5.91 Å². The summed E-state index contributed by atoms with van der Waals surface area (Å²) < 4.78 is 2.97. The number of benzene rings is 2. The van der Waals surface area contributed by atoms with E-state index < -0.39 is 11.1 Å². The Morgan fingerprint density at radius 2 is 1.44 bits per heavy atom. The second-order valence-corrected chi connectivity index (χ2v) is 9.90. The molecular weight excluding hydrogens is 452 g/mol. The van der Waals surface area contributed by atoms with Crippen LogP contribution in [0.5, 0.6) is 0 Å². The molecule has 3 aromatic rings. The zero-order chi connectivity index (χ0) is 25.1. The predicted molar refractivity (Wildman–Crippen MR) is 143 cm³/mol. The smallest absolute Gasteiger partial charge is 0.317 e. The van der Waals surface area contributed by atoms with E-state index >= 15 is 0 Å². The molecule has 0 bridgehead atoms. The molecule has 2 fully saturated rings. The molecule has 0 unspecified atom stereocenters. The van der Waals surface area contributed by atoms with Crippen LogP contribution >= 0.6 is 0 Å². The molecular formula is C29H34N4O3. The molecule has 188 valence electrons. The van der Waals surface area contributed by atoms with Crippen LogP contribution in [0.2, 0.25) is 0 Å². The Morgan fingerprint density at radius 1 is 0.833 bits per heavy atom. The van der Waals surface area contributed by atoms with E-state index in [9.17, 15) is 14.4 Å². The average Bonchev–Trinajstić information content (AvgIpc) is 2.94. The Bertz CT molecular complexity index is 1360. The van der Waals surface area contributed by atoms with Crippen molar-refractivity contribution in [3.63, 3.8) is 0 Å². The number of carbonyl (C=O) groups excluding carboxylic acids is 1. The van der Waals surface area contributed by atoms with E-state index in [-0.39, 0.29) is 19.0 Å². The molecule has 2 aromatic carbocycles. The summed E-state index contributed by atoms with van der Waals surface area (Å²) in [6, 6.07) is 15.5. The number of hydrogen-bond donors (Lipinski definition) is 0. The van der Waals surface area contributed by atoms with Gasteiger partial charge in [-0.1, -0.05) is 49.6 Å². The summed E-state index contributed by atoms with van der Waals surface area (Å²) in [4.78, 5) is 43.3. The van der Waals surface area contributed by atoms with E-state index in [4.69, 9.17) is 0 Å². The Labute approximate surface area is 211 Å². The largest absolute Gasteiger partial charge is 0.336 e. The third-order valence-electron chi connectivity index (χ3n) is 7.68. The van der Waals surface area contributed by atoms with Crippen LogP contribution in [0.25, 0.3) is 11.0 Å². The molecule has 1 saturated carbocycles. The number of rotatable bonds is 6. The highest BCUT2D eigenvalue weighted by Crippen LogP contribution is 2.24. The molecule has 0 atom stereocenters. The van der Waals surface area contributed by atoms with Crippen molar-refractivity contribution in [2.75, 3.05) is 26.2 Å². The molecule has 2 aliphatic rings. The first-order valence-electron chi connectivity index (χ1n) is 13.0. The summed E-state index contributed by atoms with van der Waals surface area (Å²) >= 11 is 0. The van der Waals surface area contributed by atoms with Gasteiger partial charge >= 0.3 is 11.1 Å². The molecule has 1 saturated heterocycles. The van der Waals surface area contributed by atoms with Crippen molar-refractivity contribution in [3.8, 4) is 0 Å². The molecule has 7 nitrogen and oxygen atoms in total. The second kappa shape index (κ2) is 10.7. The highest BCUT2D eigenvalue weighted by Gasteiger charge is 2.27. The fourth-order valence-corrected chi connectivity index (χ4v) is 5.69. The Hall–Kier alpha value is -3.45. The van der Waals surface area contributed by atoms with Gasteiger partial charge in [-0.3, -0.25) is 28.4 Å². The third kappa shape index (κ3) is 4.80. The lowest BCUT2D eigenvalue weighted by Crippen LogP contribution is -2.52. The summed E-state index contributed by atoms with van der Waals surface area (Å²) in [6.07, 6.45) is 8.20. The van der Waals surface area contributed by atoms with Crippen molar-refractivity contribution in [3.05, 3.63) is 93.0 Å². The molecule has 1 aliphatic carbocycles. The molecule has 0 spiro atoms. The van der Waals surface area contributed by atoms with E-state index in [2.05, 4.69) is 11.5 Å². The summed E-state index contributed by atoms with van der Waals surface area (Å²) in [5.41, 5.74) is 1.78. The minimum atomic E-state index is -0.563. The number of aromatic nitrogens is 2. The molecule has 1 aromatic heterocycles. The summed E-state index contributed by atoms with van der Waals surface area (Å²) in [5, 5.41) is 0. The molecule has 7 heteroatoms. The van der Waals surface area contributed by atoms with Gasteiger partial charge in [0.05, 0.1) is 17.6 Å². The van der Waals surface area contributed by atoms with E-state index in [1.165, 1.54) is 41.2 Å². The van der Waals surface area contributed by atoms with Gasteiger partial charge in [0.15, 0.2) is 0 Å². The van der Waals surface area contributed by atoms with Gasteiger partial charge in [0, 0.05) is 44.3 Å². The van der Waals surface area contributed by atoms with Gasteiger partial charge in [-0.15, -0.1) is 6.58 Å². The van der Waals surface area contributed by atoms with Gasteiger partial charge < -0.3 is 4.90 Å². The number of nitrogens with zero attached hydrogens (tertiary/aromatic N) is 4. The van der Waals surface area contributed by atoms with Crippen LogP contribution in [0.4, 0.5) is 0 Å². The van der Waals surface area contributed by atoms with Crippen molar-refractivity contribution < 1.29 is 4.79 Å². The van der Waals surface area contributed by atoms with Gasteiger partial charge in [0.2, 0.25) is 0 Å². The Balaban J connectivity index is 1.30. The number of allylic oxidation sites excluding steroid dienone is 1. The van der Waals surface area contributed by atoms with Crippen LogP contribution in [0.15, 0.2) is 70.8 Å². The van der Waals surface area contributed by atoms with Gasteiger partial charge in [-0.2, -0.15) is 0 Å². The lowest BCUT2D eigenvalue weighted by Gasteiger charge is -2.40. The van der Waals surface area contributed by atoms with E-state index in [0.717, 1.165) is 31.7 Å². The fourth-order valence-electron chi connectivity index (χ4n) is 5.69. The minimum absolute atomic E-state index is 0.0551. The maximum absolute atomic E-state index is 13.1. The van der Waals surface area contributed by atoms with Crippen LogP contribution in [0.3, 0.4) is 0 Å². The monoisotopic (exact) mass is 486 g/mol. The van der Waals surface area contributed by atoms with Crippen LogP contribution < -0.4 is 11.1 Å². The van der Waals surface area contributed by atoms with Crippen LogP contribution in [0.1, 0.15) is 48.0 Å². The Morgan fingerprint density at radius 3 is 2.08 bits per heavy atom. The van der Waals surface area contributed by atoms with E-state index in [1.54, 1.807) is 6.08 Å². The first-order valence-corrected chi connectivity index (χ1v) is 13.0. The quantitative estimate of drug-likeness (QED) is 0.395. The van der Waals surface area contributed by atoms with Crippen LogP contribution in [-0.2, 0) is 13.1 Å². The maximum Gasteiger partial charge on any atom is 0.317 e. The second-order valence-electron chi connectivity index (χ2n) is 9.90. The average molecular weight is 487 g/mol. The highest BCUT2D eigenvalue weighted by atomic mass is 16.2. The molecule has 1 aliphatic heterocycles. The first-order chi connectivity index (χ1) is 17.6. The molecule has 0 N–H and O–H groups in total. The summed E-state index contributed by atoms with van der Waals surface area (Å²) in [7, 11) is 0. The normalized spacial score (nSPS) is 17.4. The number of piperazine rings is 1. The van der Waals surface area contributed by atoms with E-state index in [1.807, 2.05) is 53.4 Å². The van der Waals surface area contributed by atoms with Crippen LogP contribution in [-0.4, -0.2) is 57.1 Å². The topological polar surface area (TPSA) is 67.5 Å². The van der Waals surface area contributed by atoms with Crippen molar-refractivity contribution in [2.24, 2.45) is 0 Å². The van der Waals surface area contributed by atoms with E-state index in [0.29, 0.717) is 22.6 Å². The SMILES string of the molecule is C=CCn1c(=O)c(=O)n(Cc2ccc(C(=O)N3CCN(C4CCCCC4)CC3)cc2)c2ccccc21. The van der Waals surface area contributed by atoms with Gasteiger partial charge in [0.1, 0.15) is 0 Å². The predicted octanol–water partition coefficient (Wildman–Crippen LogP) is 3.49. The standard InChI is InChI=1S/C29H34N4O3/c1-2-16-32-25-10-6-7-11-26(25)33(29(36)28(32)35)21-22-12-14-23(15-13-22)27(34)31-19-17-30(18-20-31)24-8-4-3-5-9-24/h2,6-7,10-15,24H,1,3-5,8-9,16-21H2. The Kier molecular flexibility index (Phi) is 7.18. The van der Waals surface area contributed by atoms with Gasteiger partial charge in [-0.25, -0.2) is 0 Å².